The Morgan fingerprint density at radius 3 is 2.20 bits per heavy atom. The predicted molar refractivity (Wildman–Crippen MR) is 139 cm³/mol. The van der Waals surface area contributed by atoms with Crippen molar-refractivity contribution < 1.29 is 14.9 Å². The number of nitrogens with zero attached hydrogens (tertiary/aromatic N) is 3. The molecule has 0 amide bonds. The van der Waals surface area contributed by atoms with E-state index >= 15 is 0 Å². The monoisotopic (exact) mass is 465 g/mol. The Morgan fingerprint density at radius 1 is 0.686 bits per heavy atom. The van der Waals surface area contributed by atoms with Crippen molar-refractivity contribution in [3.8, 4) is 40.3 Å². The Morgan fingerprint density at radius 2 is 1.43 bits per heavy atom. The fourth-order valence-electron chi connectivity index (χ4n) is 4.15. The van der Waals surface area contributed by atoms with Crippen LogP contribution in [0.5, 0.6) is 17.5 Å². The quantitative estimate of drug-likeness (QED) is 0.192. The number of hydrogen-bond donors (Lipinski definition) is 2. The van der Waals surface area contributed by atoms with E-state index in [4.69, 9.17) is 4.74 Å². The largest absolute Gasteiger partial charge is 0.508 e. The molecule has 6 heteroatoms. The summed E-state index contributed by atoms with van der Waals surface area (Å²) in [5.74, 6) is 0.603. The van der Waals surface area contributed by atoms with Crippen LogP contribution in [0.3, 0.4) is 0 Å². The molecule has 0 radical (unpaired) electrons. The molecule has 0 atom stereocenters. The number of unbranched alkanes of at least 4 members (excludes halogenated alkanes) is 3. The SMILES string of the molecule is CCCCCCOc1nc(-c2ccc3cc4ccccc4cc3c2)nc(-c2ccc(O)cc2O)n1. The maximum absolute atomic E-state index is 10.4. The summed E-state index contributed by atoms with van der Waals surface area (Å²) >= 11 is 0. The molecule has 0 bridgehead atoms. The van der Waals surface area contributed by atoms with Gasteiger partial charge < -0.3 is 14.9 Å². The molecule has 0 saturated carbocycles. The smallest absolute Gasteiger partial charge is 0.320 e. The lowest BCUT2D eigenvalue weighted by atomic mass is 10.0. The van der Waals surface area contributed by atoms with Gasteiger partial charge in [0.05, 0.1) is 12.2 Å². The van der Waals surface area contributed by atoms with Crippen LogP contribution in [0.15, 0.2) is 72.8 Å². The minimum absolute atomic E-state index is 0.0327. The van der Waals surface area contributed by atoms with E-state index in [1.165, 1.54) is 22.9 Å². The van der Waals surface area contributed by atoms with Crippen LogP contribution >= 0.6 is 0 Å². The number of aromatic nitrogens is 3. The van der Waals surface area contributed by atoms with Crippen molar-refractivity contribution in [1.29, 1.82) is 0 Å². The number of aromatic hydroxyl groups is 2. The summed E-state index contributed by atoms with van der Waals surface area (Å²) in [6.45, 7) is 2.68. The third-order valence-electron chi connectivity index (χ3n) is 6.03. The normalized spacial score (nSPS) is 11.2. The third kappa shape index (κ3) is 5.01. The molecule has 0 fully saturated rings. The topological polar surface area (TPSA) is 88.4 Å². The van der Waals surface area contributed by atoms with Crippen LogP contribution < -0.4 is 4.74 Å². The minimum Gasteiger partial charge on any atom is -0.508 e. The van der Waals surface area contributed by atoms with Crippen molar-refractivity contribution in [2.75, 3.05) is 6.61 Å². The molecule has 1 heterocycles. The molecule has 0 aliphatic rings. The van der Waals surface area contributed by atoms with Gasteiger partial charge >= 0.3 is 6.01 Å². The molecule has 176 valence electrons. The number of ether oxygens (including phenoxy) is 1. The summed E-state index contributed by atoms with van der Waals surface area (Å²) < 4.78 is 5.89. The van der Waals surface area contributed by atoms with Gasteiger partial charge in [-0.3, -0.25) is 0 Å². The Labute approximate surface area is 203 Å². The summed E-state index contributed by atoms with van der Waals surface area (Å²) in [5, 5.41) is 24.7. The number of rotatable bonds is 8. The van der Waals surface area contributed by atoms with Crippen molar-refractivity contribution in [2.24, 2.45) is 0 Å². The molecule has 35 heavy (non-hydrogen) atoms. The molecule has 0 spiro atoms. The predicted octanol–water partition coefficient (Wildman–Crippen LogP) is 6.88. The lowest BCUT2D eigenvalue weighted by Gasteiger charge is -2.11. The Balaban J connectivity index is 1.56. The third-order valence-corrected chi connectivity index (χ3v) is 6.03. The summed E-state index contributed by atoms with van der Waals surface area (Å²) in [4.78, 5) is 13.7. The number of fused-ring (bicyclic) bond motifs is 2. The highest BCUT2D eigenvalue weighted by Crippen LogP contribution is 2.33. The van der Waals surface area contributed by atoms with E-state index < -0.39 is 0 Å². The van der Waals surface area contributed by atoms with Gasteiger partial charge in [0.25, 0.3) is 0 Å². The summed E-state index contributed by atoms with van der Waals surface area (Å²) in [6, 6.07) is 23.3. The standard InChI is InChI=1S/C29H27N3O3/c1-2-3-4-7-14-35-29-31-27(30-28(32-29)25-13-12-24(33)18-26(25)34)22-11-10-21-15-19-8-5-6-9-20(19)16-23(21)17-22/h5-6,8-13,15-18,33-34H,2-4,7,14H2,1H3. The van der Waals surface area contributed by atoms with Gasteiger partial charge in [-0.1, -0.05) is 62.6 Å². The van der Waals surface area contributed by atoms with Crippen molar-refractivity contribution in [3.05, 3.63) is 72.8 Å². The summed E-state index contributed by atoms with van der Waals surface area (Å²) in [6.07, 6.45) is 4.30. The van der Waals surface area contributed by atoms with E-state index in [1.807, 2.05) is 18.2 Å². The van der Waals surface area contributed by atoms with Gasteiger partial charge in [0.1, 0.15) is 11.5 Å². The molecule has 0 aliphatic carbocycles. The average Bonchev–Trinajstić information content (AvgIpc) is 2.87. The van der Waals surface area contributed by atoms with Crippen molar-refractivity contribution >= 4 is 21.5 Å². The molecule has 0 aliphatic heterocycles. The summed E-state index contributed by atoms with van der Waals surface area (Å²) in [5.41, 5.74) is 1.22. The fraction of sp³-hybridized carbons (Fsp3) is 0.207. The van der Waals surface area contributed by atoms with Gasteiger partial charge in [-0.05, 0) is 58.3 Å². The first kappa shape index (κ1) is 22.6. The van der Waals surface area contributed by atoms with Crippen molar-refractivity contribution in [1.82, 2.24) is 15.0 Å². The van der Waals surface area contributed by atoms with Crippen LogP contribution in [0.4, 0.5) is 0 Å². The molecule has 2 N–H and O–H groups in total. The number of phenolic OH excluding ortho intramolecular Hbond substituents is 2. The van der Waals surface area contributed by atoms with Gasteiger partial charge in [0.15, 0.2) is 11.6 Å². The minimum atomic E-state index is -0.110. The first-order valence-corrected chi connectivity index (χ1v) is 11.9. The first-order valence-electron chi connectivity index (χ1n) is 11.9. The molecule has 5 rings (SSSR count). The zero-order chi connectivity index (χ0) is 24.2. The molecule has 5 aromatic rings. The van der Waals surface area contributed by atoms with Crippen LogP contribution in [-0.4, -0.2) is 31.8 Å². The van der Waals surface area contributed by atoms with E-state index in [-0.39, 0.29) is 23.3 Å². The van der Waals surface area contributed by atoms with Crippen LogP contribution in [0.1, 0.15) is 32.6 Å². The van der Waals surface area contributed by atoms with Crippen LogP contribution in [0.25, 0.3) is 44.3 Å². The second kappa shape index (κ2) is 9.97. The van der Waals surface area contributed by atoms with Gasteiger partial charge in [0.2, 0.25) is 0 Å². The van der Waals surface area contributed by atoms with Gasteiger partial charge in [-0.25, -0.2) is 4.98 Å². The van der Waals surface area contributed by atoms with E-state index in [0.29, 0.717) is 18.0 Å². The van der Waals surface area contributed by atoms with Gasteiger partial charge in [-0.15, -0.1) is 0 Å². The number of phenols is 2. The molecule has 0 unspecified atom stereocenters. The number of hydrogen-bond acceptors (Lipinski definition) is 6. The highest BCUT2D eigenvalue weighted by Gasteiger charge is 2.15. The van der Waals surface area contributed by atoms with E-state index in [9.17, 15) is 10.2 Å². The molecule has 0 saturated heterocycles. The van der Waals surface area contributed by atoms with E-state index in [0.717, 1.165) is 42.0 Å². The highest BCUT2D eigenvalue weighted by molar-refractivity contribution is 5.99. The molecular weight excluding hydrogens is 438 g/mol. The molecule has 1 aromatic heterocycles. The maximum atomic E-state index is 10.4. The Bertz CT molecular complexity index is 1500. The Kier molecular flexibility index (Phi) is 6.44. The van der Waals surface area contributed by atoms with E-state index in [2.05, 4.69) is 58.3 Å². The van der Waals surface area contributed by atoms with Crippen LogP contribution in [-0.2, 0) is 0 Å². The lowest BCUT2D eigenvalue weighted by molar-refractivity contribution is 0.281. The van der Waals surface area contributed by atoms with Crippen molar-refractivity contribution in [3.63, 3.8) is 0 Å². The molecule has 6 nitrogen and oxygen atoms in total. The van der Waals surface area contributed by atoms with Crippen molar-refractivity contribution in [2.45, 2.75) is 32.6 Å². The highest BCUT2D eigenvalue weighted by atomic mass is 16.5. The van der Waals surface area contributed by atoms with E-state index in [1.54, 1.807) is 6.07 Å². The molecule has 4 aromatic carbocycles. The number of benzene rings is 4. The Hall–Kier alpha value is -4.19. The summed E-state index contributed by atoms with van der Waals surface area (Å²) in [7, 11) is 0. The zero-order valence-electron chi connectivity index (χ0n) is 19.6. The second-order valence-corrected chi connectivity index (χ2v) is 8.64. The van der Waals surface area contributed by atoms with Gasteiger partial charge in [0, 0.05) is 11.6 Å². The molecular formula is C29H27N3O3. The van der Waals surface area contributed by atoms with Crippen LogP contribution in [0, 0.1) is 0 Å². The van der Waals surface area contributed by atoms with Crippen LogP contribution in [0.2, 0.25) is 0 Å². The van der Waals surface area contributed by atoms with Gasteiger partial charge in [-0.2, -0.15) is 9.97 Å². The average molecular weight is 466 g/mol. The zero-order valence-corrected chi connectivity index (χ0v) is 19.6. The first-order chi connectivity index (χ1) is 17.1. The fourth-order valence-corrected chi connectivity index (χ4v) is 4.15. The second-order valence-electron chi connectivity index (χ2n) is 8.64. The maximum Gasteiger partial charge on any atom is 0.320 e. The lowest BCUT2D eigenvalue weighted by Crippen LogP contribution is -2.05.